The fourth-order valence-electron chi connectivity index (χ4n) is 2.56. The summed E-state index contributed by atoms with van der Waals surface area (Å²) in [5, 5.41) is 10.9. The fraction of sp³-hybridized carbons (Fsp3) is 0.350. The van der Waals surface area contributed by atoms with Crippen LogP contribution in [-0.2, 0) is 11.3 Å². The highest BCUT2D eigenvalue weighted by molar-refractivity contribution is 5.81. The number of rotatable bonds is 6. The van der Waals surface area contributed by atoms with E-state index in [1.165, 1.54) is 18.2 Å². The van der Waals surface area contributed by atoms with Crippen molar-refractivity contribution in [3.63, 3.8) is 0 Å². The van der Waals surface area contributed by atoms with E-state index in [2.05, 4.69) is 0 Å². The maximum atomic E-state index is 13.0. The number of carbonyl (C=O) groups excluding carboxylic acids is 1. The van der Waals surface area contributed by atoms with Crippen molar-refractivity contribution in [3.05, 3.63) is 70.3 Å². The second-order valence-electron chi connectivity index (χ2n) is 7.10. The van der Waals surface area contributed by atoms with Crippen LogP contribution in [-0.4, -0.2) is 27.4 Å². The molecule has 0 aromatic heterocycles. The molecule has 0 fully saturated rings. The van der Waals surface area contributed by atoms with E-state index in [0.29, 0.717) is 12.3 Å². The Morgan fingerprint density at radius 3 is 2.38 bits per heavy atom. The van der Waals surface area contributed by atoms with Crippen molar-refractivity contribution in [2.24, 2.45) is 0 Å². The largest absolute Gasteiger partial charge is 0.481 e. The maximum Gasteiger partial charge on any atom is 0.273 e. The molecular weight excluding hydrogens is 332 g/mol. The summed E-state index contributed by atoms with van der Waals surface area (Å²) in [6, 6.07) is 15.6. The van der Waals surface area contributed by atoms with Crippen molar-refractivity contribution in [2.75, 3.05) is 0 Å². The van der Waals surface area contributed by atoms with E-state index in [1.54, 1.807) is 17.9 Å². The number of nitrogens with zero attached hydrogens (tertiary/aromatic N) is 2. The van der Waals surface area contributed by atoms with Gasteiger partial charge in [0.2, 0.25) is 0 Å². The van der Waals surface area contributed by atoms with Gasteiger partial charge in [-0.3, -0.25) is 14.9 Å². The number of carbonyl (C=O) groups is 1. The van der Waals surface area contributed by atoms with Crippen LogP contribution in [0.15, 0.2) is 54.6 Å². The Morgan fingerprint density at radius 2 is 1.81 bits per heavy atom. The Morgan fingerprint density at radius 1 is 1.15 bits per heavy atom. The lowest BCUT2D eigenvalue weighted by Crippen LogP contribution is -2.50. The molecule has 0 N–H and O–H groups in total. The van der Waals surface area contributed by atoms with Gasteiger partial charge in [0.05, 0.1) is 11.0 Å². The Kier molecular flexibility index (Phi) is 5.97. The minimum atomic E-state index is -0.764. The summed E-state index contributed by atoms with van der Waals surface area (Å²) in [5.74, 6) is 0.126. The first kappa shape index (κ1) is 19.4. The van der Waals surface area contributed by atoms with Crippen LogP contribution in [0.2, 0.25) is 0 Å². The van der Waals surface area contributed by atoms with Crippen LogP contribution in [0.1, 0.15) is 33.3 Å². The van der Waals surface area contributed by atoms with E-state index < -0.39 is 16.6 Å². The summed E-state index contributed by atoms with van der Waals surface area (Å²) in [5.41, 5.74) is 0.560. The van der Waals surface area contributed by atoms with Gasteiger partial charge in [0.15, 0.2) is 6.10 Å². The highest BCUT2D eigenvalue weighted by Gasteiger charge is 2.31. The van der Waals surface area contributed by atoms with Crippen molar-refractivity contribution in [3.8, 4) is 5.75 Å². The van der Waals surface area contributed by atoms with E-state index in [4.69, 9.17) is 4.74 Å². The normalized spacial score (nSPS) is 12.3. The van der Waals surface area contributed by atoms with Gasteiger partial charge < -0.3 is 9.64 Å². The number of amides is 1. The predicted molar refractivity (Wildman–Crippen MR) is 99.9 cm³/mol. The maximum absolute atomic E-state index is 13.0. The van der Waals surface area contributed by atoms with E-state index in [-0.39, 0.29) is 11.6 Å². The Bertz CT molecular complexity index is 769. The molecule has 2 aromatic rings. The number of nitro benzene ring substituents is 1. The van der Waals surface area contributed by atoms with E-state index in [9.17, 15) is 14.9 Å². The third kappa shape index (κ3) is 5.05. The minimum Gasteiger partial charge on any atom is -0.481 e. The summed E-state index contributed by atoms with van der Waals surface area (Å²) in [6.07, 6.45) is -0.764. The number of non-ortho nitro benzene ring substituents is 1. The molecule has 0 radical (unpaired) electrons. The van der Waals surface area contributed by atoms with Crippen molar-refractivity contribution < 1.29 is 14.5 Å². The van der Waals surface area contributed by atoms with Crippen LogP contribution >= 0.6 is 0 Å². The van der Waals surface area contributed by atoms with E-state index >= 15 is 0 Å². The number of hydrogen-bond donors (Lipinski definition) is 0. The molecule has 26 heavy (non-hydrogen) atoms. The zero-order valence-electron chi connectivity index (χ0n) is 15.5. The second kappa shape index (κ2) is 7.99. The van der Waals surface area contributed by atoms with Gasteiger partial charge in [-0.2, -0.15) is 0 Å². The van der Waals surface area contributed by atoms with Gasteiger partial charge in [0.25, 0.3) is 11.6 Å². The van der Waals surface area contributed by atoms with Crippen LogP contribution in [0.5, 0.6) is 5.75 Å². The number of ether oxygens (including phenoxy) is 1. The molecule has 138 valence electrons. The van der Waals surface area contributed by atoms with E-state index in [0.717, 1.165) is 5.56 Å². The van der Waals surface area contributed by atoms with Crippen molar-refractivity contribution in [2.45, 2.75) is 45.9 Å². The smallest absolute Gasteiger partial charge is 0.273 e. The lowest BCUT2D eigenvalue weighted by molar-refractivity contribution is -0.384. The van der Waals surface area contributed by atoms with Gasteiger partial charge in [0.1, 0.15) is 5.75 Å². The number of benzene rings is 2. The molecule has 0 heterocycles. The molecular formula is C20H24N2O4. The highest BCUT2D eigenvalue weighted by Crippen LogP contribution is 2.23. The zero-order valence-corrected chi connectivity index (χ0v) is 15.5. The van der Waals surface area contributed by atoms with Gasteiger partial charge in [-0.1, -0.05) is 36.4 Å². The first-order valence-corrected chi connectivity index (χ1v) is 8.45. The number of nitro groups is 1. The summed E-state index contributed by atoms with van der Waals surface area (Å²) < 4.78 is 5.69. The van der Waals surface area contributed by atoms with E-state index in [1.807, 2.05) is 51.1 Å². The summed E-state index contributed by atoms with van der Waals surface area (Å²) in [7, 11) is 0. The Hall–Kier alpha value is -2.89. The Labute approximate surface area is 153 Å². The highest BCUT2D eigenvalue weighted by atomic mass is 16.6. The average molecular weight is 356 g/mol. The van der Waals surface area contributed by atoms with Gasteiger partial charge in [-0.25, -0.2) is 0 Å². The average Bonchev–Trinajstić information content (AvgIpc) is 2.59. The molecule has 0 unspecified atom stereocenters. The fourth-order valence-corrected chi connectivity index (χ4v) is 2.56. The SMILES string of the molecule is C[C@H](Oc1cccc([N+](=O)[O-])c1)C(=O)N(Cc1ccccc1)C(C)(C)C. The monoisotopic (exact) mass is 356 g/mol. The molecule has 1 amide bonds. The van der Waals surface area contributed by atoms with Crippen LogP contribution in [0.25, 0.3) is 0 Å². The topological polar surface area (TPSA) is 72.7 Å². The Balaban J connectivity index is 2.17. The van der Waals surface area contributed by atoms with Gasteiger partial charge in [-0.05, 0) is 39.3 Å². The standard InChI is InChI=1S/C20H24N2O4/c1-15(26-18-12-8-11-17(13-18)22(24)25)19(23)21(20(2,3)4)14-16-9-6-5-7-10-16/h5-13,15H,14H2,1-4H3/t15-/m0/s1. The van der Waals surface area contributed by atoms with Crippen LogP contribution in [0, 0.1) is 10.1 Å². The summed E-state index contributed by atoms with van der Waals surface area (Å²) in [4.78, 5) is 25.1. The van der Waals surface area contributed by atoms with Crippen LogP contribution < -0.4 is 4.74 Å². The third-order valence-electron chi connectivity index (χ3n) is 3.95. The molecule has 2 rings (SSSR count). The first-order valence-electron chi connectivity index (χ1n) is 8.45. The molecule has 6 heteroatoms. The van der Waals surface area contributed by atoms with Crippen molar-refractivity contribution in [1.29, 1.82) is 0 Å². The van der Waals surface area contributed by atoms with Crippen LogP contribution in [0.4, 0.5) is 5.69 Å². The lowest BCUT2D eigenvalue weighted by Gasteiger charge is -2.37. The molecule has 1 atom stereocenters. The lowest BCUT2D eigenvalue weighted by atomic mass is 10.0. The molecule has 0 saturated heterocycles. The van der Waals surface area contributed by atoms with Gasteiger partial charge in [0, 0.05) is 18.2 Å². The van der Waals surface area contributed by atoms with Gasteiger partial charge >= 0.3 is 0 Å². The number of hydrogen-bond acceptors (Lipinski definition) is 4. The van der Waals surface area contributed by atoms with Crippen molar-refractivity contribution in [1.82, 2.24) is 4.90 Å². The zero-order chi connectivity index (χ0) is 19.3. The van der Waals surface area contributed by atoms with Gasteiger partial charge in [-0.15, -0.1) is 0 Å². The van der Waals surface area contributed by atoms with Crippen molar-refractivity contribution >= 4 is 11.6 Å². The molecule has 0 spiro atoms. The predicted octanol–water partition coefficient (Wildman–Crippen LogP) is 4.19. The molecule has 0 saturated carbocycles. The summed E-state index contributed by atoms with van der Waals surface area (Å²) >= 11 is 0. The molecule has 2 aromatic carbocycles. The quantitative estimate of drug-likeness (QED) is 0.575. The second-order valence-corrected chi connectivity index (χ2v) is 7.10. The molecule has 0 bridgehead atoms. The minimum absolute atomic E-state index is 0.0703. The molecule has 0 aliphatic carbocycles. The molecule has 0 aliphatic heterocycles. The molecule has 6 nitrogen and oxygen atoms in total. The van der Waals surface area contributed by atoms with Crippen LogP contribution in [0.3, 0.4) is 0 Å². The first-order chi connectivity index (χ1) is 12.2. The molecule has 0 aliphatic rings. The summed E-state index contributed by atoms with van der Waals surface area (Å²) in [6.45, 7) is 8.02. The third-order valence-corrected chi connectivity index (χ3v) is 3.95.